The van der Waals surface area contributed by atoms with E-state index in [1.165, 1.54) is 6.08 Å². The molecule has 0 saturated carbocycles. The van der Waals surface area contributed by atoms with Crippen LogP contribution in [0.4, 0.5) is 0 Å². The lowest BCUT2D eigenvalue weighted by Gasteiger charge is -2.17. The van der Waals surface area contributed by atoms with E-state index in [1.807, 2.05) is 13.8 Å². The fraction of sp³-hybridized carbons (Fsp3) is 0.714. The van der Waals surface area contributed by atoms with E-state index in [1.54, 1.807) is 0 Å². The first-order chi connectivity index (χ1) is 4.09. The number of aliphatic hydroxyl groups is 2. The molecule has 0 aromatic carbocycles. The van der Waals surface area contributed by atoms with Gasteiger partial charge >= 0.3 is 0 Å². The monoisotopic (exact) mass is 130 g/mol. The van der Waals surface area contributed by atoms with Gasteiger partial charge in [-0.2, -0.15) is 0 Å². The van der Waals surface area contributed by atoms with Crippen LogP contribution in [0.15, 0.2) is 12.7 Å². The quantitative estimate of drug-likeness (QED) is 0.548. The van der Waals surface area contributed by atoms with E-state index in [2.05, 4.69) is 6.58 Å². The Hall–Kier alpha value is -0.340. The Balaban J connectivity index is 3.71. The number of hydrogen-bond donors (Lipinski definition) is 2. The summed E-state index contributed by atoms with van der Waals surface area (Å²) < 4.78 is 0. The van der Waals surface area contributed by atoms with Crippen LogP contribution >= 0.6 is 0 Å². The average Bonchev–Trinajstić information content (AvgIpc) is 1.84. The van der Waals surface area contributed by atoms with Gasteiger partial charge in [-0.25, -0.2) is 0 Å². The summed E-state index contributed by atoms with van der Waals surface area (Å²) in [4.78, 5) is 0. The molecule has 0 aliphatic carbocycles. The normalized spacial score (nSPS) is 17.4. The van der Waals surface area contributed by atoms with Gasteiger partial charge in [0.25, 0.3) is 0 Å². The van der Waals surface area contributed by atoms with Crippen LogP contribution in [-0.2, 0) is 0 Å². The first-order valence-corrected chi connectivity index (χ1v) is 3.08. The van der Waals surface area contributed by atoms with Gasteiger partial charge in [-0.1, -0.05) is 19.9 Å². The molecule has 0 aliphatic rings. The van der Waals surface area contributed by atoms with E-state index in [0.29, 0.717) is 0 Å². The fourth-order valence-corrected chi connectivity index (χ4v) is 0.534. The van der Waals surface area contributed by atoms with E-state index < -0.39 is 12.2 Å². The summed E-state index contributed by atoms with van der Waals surface area (Å²) in [6.45, 7) is 7.04. The third-order valence-corrected chi connectivity index (χ3v) is 1.27. The van der Waals surface area contributed by atoms with Gasteiger partial charge in [-0.3, -0.25) is 0 Å². The van der Waals surface area contributed by atoms with Gasteiger partial charge in [0.2, 0.25) is 0 Å². The van der Waals surface area contributed by atoms with Crippen molar-refractivity contribution in [2.75, 3.05) is 0 Å². The summed E-state index contributed by atoms with van der Waals surface area (Å²) in [5.74, 6) is 0.0815. The zero-order chi connectivity index (χ0) is 7.44. The molecule has 0 bridgehead atoms. The molecule has 2 N–H and O–H groups in total. The number of aliphatic hydroxyl groups excluding tert-OH is 2. The van der Waals surface area contributed by atoms with Crippen molar-refractivity contribution in [3.8, 4) is 0 Å². The molecule has 0 rings (SSSR count). The third kappa shape index (κ3) is 2.63. The lowest BCUT2D eigenvalue weighted by atomic mass is 10.0. The average molecular weight is 130 g/mol. The van der Waals surface area contributed by atoms with Gasteiger partial charge in [0.05, 0.1) is 12.2 Å². The van der Waals surface area contributed by atoms with E-state index >= 15 is 0 Å². The Kier molecular flexibility index (Phi) is 3.50. The van der Waals surface area contributed by atoms with E-state index in [9.17, 15) is 0 Å². The van der Waals surface area contributed by atoms with Crippen LogP contribution in [0, 0.1) is 5.92 Å². The van der Waals surface area contributed by atoms with Crippen LogP contribution in [-0.4, -0.2) is 22.4 Å². The van der Waals surface area contributed by atoms with E-state index in [4.69, 9.17) is 10.2 Å². The van der Waals surface area contributed by atoms with E-state index in [-0.39, 0.29) is 5.92 Å². The summed E-state index contributed by atoms with van der Waals surface area (Å²) in [5.41, 5.74) is 0. The van der Waals surface area contributed by atoms with Crippen LogP contribution in [0.25, 0.3) is 0 Å². The molecule has 0 aromatic heterocycles. The van der Waals surface area contributed by atoms with Gasteiger partial charge in [0.1, 0.15) is 0 Å². The van der Waals surface area contributed by atoms with Gasteiger partial charge in [0.15, 0.2) is 0 Å². The lowest BCUT2D eigenvalue weighted by molar-refractivity contribution is 0.0185. The fourth-order valence-electron chi connectivity index (χ4n) is 0.534. The van der Waals surface area contributed by atoms with E-state index in [0.717, 1.165) is 0 Å². The Bertz CT molecular complexity index is 88.9. The van der Waals surface area contributed by atoms with Gasteiger partial charge in [-0.05, 0) is 5.92 Å². The highest BCUT2D eigenvalue weighted by Crippen LogP contribution is 2.05. The van der Waals surface area contributed by atoms with Crippen molar-refractivity contribution in [3.63, 3.8) is 0 Å². The summed E-state index contributed by atoms with van der Waals surface area (Å²) in [5, 5.41) is 18.0. The molecule has 9 heavy (non-hydrogen) atoms. The summed E-state index contributed by atoms with van der Waals surface area (Å²) in [6.07, 6.45) is -0.127. The standard InChI is InChI=1S/C7H14O2/c1-4-6(8)7(9)5(2)3/h4-9H,1H2,2-3H3/t6-,7+/m0/s1. The predicted octanol–water partition coefficient (Wildman–Crippen LogP) is 0.550. The molecule has 0 amide bonds. The van der Waals surface area contributed by atoms with Crippen molar-refractivity contribution in [1.82, 2.24) is 0 Å². The molecule has 2 nitrogen and oxygen atoms in total. The SMILES string of the molecule is C=C[C@H](O)[C@H](O)C(C)C. The highest BCUT2D eigenvalue weighted by atomic mass is 16.3. The maximum absolute atomic E-state index is 9.07. The number of rotatable bonds is 3. The molecular formula is C7H14O2. The minimum atomic E-state index is -0.787. The second-order valence-corrected chi connectivity index (χ2v) is 2.46. The molecule has 0 fully saturated rings. The maximum atomic E-state index is 9.07. The van der Waals surface area contributed by atoms with Crippen molar-refractivity contribution in [2.24, 2.45) is 5.92 Å². The van der Waals surface area contributed by atoms with Crippen LogP contribution in [0.5, 0.6) is 0 Å². The summed E-state index contributed by atoms with van der Waals surface area (Å²) >= 11 is 0. The highest BCUT2D eigenvalue weighted by Gasteiger charge is 2.15. The maximum Gasteiger partial charge on any atom is 0.0979 e. The van der Waals surface area contributed by atoms with Crippen LogP contribution in [0.2, 0.25) is 0 Å². The zero-order valence-corrected chi connectivity index (χ0v) is 5.91. The Morgan fingerprint density at radius 1 is 1.33 bits per heavy atom. The molecule has 2 atom stereocenters. The lowest BCUT2D eigenvalue weighted by Crippen LogP contribution is -2.28. The topological polar surface area (TPSA) is 40.5 Å². The molecule has 54 valence electrons. The molecule has 0 radical (unpaired) electrons. The van der Waals surface area contributed by atoms with Gasteiger partial charge < -0.3 is 10.2 Å². The van der Waals surface area contributed by atoms with Crippen molar-refractivity contribution in [2.45, 2.75) is 26.1 Å². The summed E-state index contributed by atoms with van der Waals surface area (Å²) in [7, 11) is 0. The molecule has 0 spiro atoms. The molecule has 0 unspecified atom stereocenters. The van der Waals surface area contributed by atoms with Crippen molar-refractivity contribution in [1.29, 1.82) is 0 Å². The minimum Gasteiger partial charge on any atom is -0.390 e. The highest BCUT2D eigenvalue weighted by molar-refractivity contribution is 4.85. The van der Waals surface area contributed by atoms with Gasteiger partial charge in [-0.15, -0.1) is 6.58 Å². The number of hydrogen-bond acceptors (Lipinski definition) is 2. The minimum absolute atomic E-state index is 0.0815. The predicted molar refractivity (Wildman–Crippen MR) is 37.0 cm³/mol. The second kappa shape index (κ2) is 3.64. The van der Waals surface area contributed by atoms with Crippen LogP contribution in [0.1, 0.15) is 13.8 Å². The Morgan fingerprint density at radius 3 is 1.89 bits per heavy atom. The van der Waals surface area contributed by atoms with Crippen molar-refractivity contribution < 1.29 is 10.2 Å². The first kappa shape index (κ1) is 8.66. The zero-order valence-electron chi connectivity index (χ0n) is 5.91. The Morgan fingerprint density at radius 2 is 1.78 bits per heavy atom. The molecule has 0 aromatic rings. The molecule has 0 heterocycles. The molecule has 0 aliphatic heterocycles. The summed E-state index contributed by atoms with van der Waals surface area (Å²) in [6, 6.07) is 0. The molecular weight excluding hydrogens is 116 g/mol. The van der Waals surface area contributed by atoms with Crippen LogP contribution < -0.4 is 0 Å². The van der Waals surface area contributed by atoms with Crippen molar-refractivity contribution >= 4 is 0 Å². The smallest absolute Gasteiger partial charge is 0.0979 e. The molecule has 0 saturated heterocycles. The largest absolute Gasteiger partial charge is 0.390 e. The third-order valence-electron chi connectivity index (χ3n) is 1.27. The Labute approximate surface area is 55.8 Å². The second-order valence-electron chi connectivity index (χ2n) is 2.46. The first-order valence-electron chi connectivity index (χ1n) is 3.08. The van der Waals surface area contributed by atoms with Gasteiger partial charge in [0, 0.05) is 0 Å². The van der Waals surface area contributed by atoms with Crippen molar-refractivity contribution in [3.05, 3.63) is 12.7 Å². The van der Waals surface area contributed by atoms with Crippen LogP contribution in [0.3, 0.4) is 0 Å². The molecule has 2 heteroatoms.